The summed E-state index contributed by atoms with van der Waals surface area (Å²) in [6.07, 6.45) is -0.226. The van der Waals surface area contributed by atoms with Gasteiger partial charge in [-0.2, -0.15) is 13.2 Å². The molecule has 0 N–H and O–H groups in total. The highest BCUT2D eigenvalue weighted by Gasteiger charge is 2.33. The topological polar surface area (TPSA) is 65.7 Å². The van der Waals surface area contributed by atoms with E-state index in [1.54, 1.807) is 16.7 Å². The van der Waals surface area contributed by atoms with Gasteiger partial charge in [0.15, 0.2) is 5.78 Å². The summed E-state index contributed by atoms with van der Waals surface area (Å²) in [7, 11) is 0. The van der Waals surface area contributed by atoms with Crippen LogP contribution in [0.25, 0.3) is 5.65 Å². The minimum absolute atomic E-state index is 0.139. The van der Waals surface area contributed by atoms with Crippen LogP contribution in [-0.2, 0) is 17.3 Å². The summed E-state index contributed by atoms with van der Waals surface area (Å²) in [6, 6.07) is 5.05. The zero-order chi connectivity index (χ0) is 21.3. The number of aromatic nitrogens is 3. The first-order valence-corrected chi connectivity index (χ1v) is 9.64. The van der Waals surface area contributed by atoms with Crippen LogP contribution in [0.1, 0.15) is 46.7 Å². The van der Waals surface area contributed by atoms with E-state index in [-0.39, 0.29) is 18.0 Å². The van der Waals surface area contributed by atoms with Crippen LogP contribution in [0.15, 0.2) is 36.7 Å². The summed E-state index contributed by atoms with van der Waals surface area (Å²) in [5.41, 5.74) is 0.806. The lowest BCUT2D eigenvalue weighted by Crippen LogP contribution is -2.13. The fourth-order valence-electron chi connectivity index (χ4n) is 3.48. The maximum atomic E-state index is 12.9. The molecule has 1 fully saturated rings. The van der Waals surface area contributed by atoms with Crippen LogP contribution >= 0.6 is 0 Å². The molecule has 4 heterocycles. The van der Waals surface area contributed by atoms with E-state index in [1.165, 1.54) is 12.1 Å². The minimum atomic E-state index is -4.61. The molecule has 0 aliphatic carbocycles. The van der Waals surface area contributed by atoms with Crippen molar-refractivity contribution in [2.24, 2.45) is 0 Å². The highest BCUT2D eigenvalue weighted by Crippen LogP contribution is 2.29. The Hall–Kier alpha value is -2.94. The summed E-state index contributed by atoms with van der Waals surface area (Å²) in [6.45, 7) is 3.52. The molecule has 0 spiro atoms. The predicted octanol–water partition coefficient (Wildman–Crippen LogP) is 4.08. The number of halogens is 3. The van der Waals surface area contributed by atoms with E-state index in [2.05, 4.69) is 9.97 Å². The molecule has 3 aromatic rings. The molecule has 1 aliphatic rings. The number of ether oxygens (including phenoxy) is 2. The average Bonchev–Trinajstić information content (AvgIpc) is 3.37. The van der Waals surface area contributed by atoms with Gasteiger partial charge in [0.2, 0.25) is 0 Å². The van der Waals surface area contributed by atoms with Gasteiger partial charge in [-0.25, -0.2) is 9.97 Å². The van der Waals surface area contributed by atoms with E-state index in [4.69, 9.17) is 9.47 Å². The molecule has 158 valence electrons. The lowest BCUT2D eigenvalue weighted by molar-refractivity contribution is -0.141. The summed E-state index contributed by atoms with van der Waals surface area (Å²) in [4.78, 5) is 20.8. The standard InChI is InChI=1S/C21H20F3N3O3/c1-2-30-18-9-20-26-16(13-6-7-29-12-13)11-27(20)10-14(18)8-17(28)15-4-3-5-19(25-15)21(22,23)24/h3-5,9-11,13H,2,6-8,12H2,1H3. The number of nitrogens with zero attached hydrogens (tertiary/aromatic N) is 3. The SMILES string of the molecule is CCOc1cc2nc(C3CCOC3)cn2cc1CC(=O)c1cccc(C(F)(F)F)n1. The number of pyridine rings is 2. The smallest absolute Gasteiger partial charge is 0.433 e. The predicted molar refractivity (Wildman–Crippen MR) is 102 cm³/mol. The number of carbonyl (C=O) groups is 1. The number of rotatable bonds is 6. The second-order valence-corrected chi connectivity index (χ2v) is 7.09. The van der Waals surface area contributed by atoms with E-state index in [0.717, 1.165) is 18.2 Å². The van der Waals surface area contributed by atoms with Crippen LogP contribution in [0.2, 0.25) is 0 Å². The molecule has 0 radical (unpaired) electrons. The van der Waals surface area contributed by atoms with Gasteiger partial charge >= 0.3 is 6.18 Å². The van der Waals surface area contributed by atoms with Crippen LogP contribution in [0, 0.1) is 0 Å². The molecule has 0 amide bonds. The molecule has 0 bridgehead atoms. The van der Waals surface area contributed by atoms with Crippen LogP contribution in [0.5, 0.6) is 5.75 Å². The first kappa shape index (κ1) is 20.3. The van der Waals surface area contributed by atoms with Crippen LogP contribution in [0.3, 0.4) is 0 Å². The zero-order valence-corrected chi connectivity index (χ0v) is 16.3. The second-order valence-electron chi connectivity index (χ2n) is 7.09. The number of Topliss-reactive ketones (excluding diaryl/α,β-unsaturated/α-hetero) is 1. The van der Waals surface area contributed by atoms with E-state index < -0.39 is 17.7 Å². The van der Waals surface area contributed by atoms with Gasteiger partial charge in [-0.15, -0.1) is 0 Å². The maximum Gasteiger partial charge on any atom is 0.433 e. The van der Waals surface area contributed by atoms with Crippen molar-refractivity contribution < 1.29 is 27.4 Å². The molecule has 4 rings (SSSR count). The number of hydrogen-bond donors (Lipinski definition) is 0. The Morgan fingerprint density at radius 3 is 2.83 bits per heavy atom. The van der Waals surface area contributed by atoms with E-state index in [9.17, 15) is 18.0 Å². The fourth-order valence-corrected chi connectivity index (χ4v) is 3.48. The van der Waals surface area contributed by atoms with E-state index in [0.29, 0.717) is 36.8 Å². The van der Waals surface area contributed by atoms with Crippen LogP contribution < -0.4 is 4.74 Å². The van der Waals surface area contributed by atoms with Crippen molar-refractivity contribution in [3.8, 4) is 5.75 Å². The number of imidazole rings is 1. The molecule has 1 unspecified atom stereocenters. The Kier molecular flexibility index (Phi) is 5.46. The molecule has 1 aliphatic heterocycles. The Morgan fingerprint density at radius 2 is 2.13 bits per heavy atom. The van der Waals surface area contributed by atoms with Gasteiger partial charge in [-0.1, -0.05) is 6.07 Å². The molecule has 0 saturated carbocycles. The van der Waals surface area contributed by atoms with Crippen molar-refractivity contribution in [3.05, 3.63) is 59.3 Å². The normalized spacial score (nSPS) is 16.9. The molecular weight excluding hydrogens is 399 g/mol. The fraction of sp³-hybridized carbons (Fsp3) is 0.381. The Balaban J connectivity index is 1.65. The first-order valence-electron chi connectivity index (χ1n) is 9.64. The number of alkyl halides is 3. The quantitative estimate of drug-likeness (QED) is 0.564. The molecule has 30 heavy (non-hydrogen) atoms. The zero-order valence-electron chi connectivity index (χ0n) is 16.3. The third-order valence-electron chi connectivity index (χ3n) is 4.98. The van der Waals surface area contributed by atoms with Crippen molar-refractivity contribution >= 4 is 11.4 Å². The van der Waals surface area contributed by atoms with Crippen LogP contribution in [-0.4, -0.2) is 40.0 Å². The molecular formula is C21H20F3N3O3. The second kappa shape index (κ2) is 8.06. The number of carbonyl (C=O) groups excluding carboxylic acids is 1. The molecule has 1 atom stereocenters. The van der Waals surface area contributed by atoms with Gasteiger partial charge < -0.3 is 13.9 Å². The van der Waals surface area contributed by atoms with Crippen molar-refractivity contribution in [2.45, 2.75) is 31.9 Å². The highest BCUT2D eigenvalue weighted by atomic mass is 19.4. The number of fused-ring (bicyclic) bond motifs is 1. The largest absolute Gasteiger partial charge is 0.493 e. The lowest BCUT2D eigenvalue weighted by atomic mass is 10.1. The van der Waals surface area contributed by atoms with Crippen molar-refractivity contribution in [3.63, 3.8) is 0 Å². The molecule has 6 nitrogen and oxygen atoms in total. The van der Waals surface area contributed by atoms with Crippen molar-refractivity contribution in [1.29, 1.82) is 0 Å². The molecule has 9 heteroatoms. The third kappa shape index (κ3) is 4.16. The van der Waals surface area contributed by atoms with Gasteiger partial charge in [0.25, 0.3) is 0 Å². The van der Waals surface area contributed by atoms with Crippen LogP contribution in [0.4, 0.5) is 13.2 Å². The highest BCUT2D eigenvalue weighted by molar-refractivity contribution is 5.96. The van der Waals surface area contributed by atoms with Crippen molar-refractivity contribution in [1.82, 2.24) is 14.4 Å². The van der Waals surface area contributed by atoms with Gasteiger partial charge in [0, 0.05) is 43.0 Å². The van der Waals surface area contributed by atoms with E-state index >= 15 is 0 Å². The van der Waals surface area contributed by atoms with Gasteiger partial charge in [0.1, 0.15) is 22.8 Å². The van der Waals surface area contributed by atoms with Gasteiger partial charge in [-0.05, 0) is 25.5 Å². The van der Waals surface area contributed by atoms with E-state index in [1.807, 2.05) is 13.1 Å². The summed E-state index contributed by atoms with van der Waals surface area (Å²) in [5, 5.41) is 0. The number of hydrogen-bond acceptors (Lipinski definition) is 5. The first-order chi connectivity index (χ1) is 14.3. The number of ketones is 1. The summed E-state index contributed by atoms with van der Waals surface area (Å²) in [5.74, 6) is 0.177. The maximum absolute atomic E-state index is 12.9. The van der Waals surface area contributed by atoms with Gasteiger partial charge in [0.05, 0.1) is 18.9 Å². The molecule has 3 aromatic heterocycles. The lowest BCUT2D eigenvalue weighted by Gasteiger charge is -2.11. The van der Waals surface area contributed by atoms with Gasteiger partial charge in [-0.3, -0.25) is 4.79 Å². The van der Waals surface area contributed by atoms with Crippen molar-refractivity contribution in [2.75, 3.05) is 19.8 Å². The monoisotopic (exact) mass is 419 g/mol. The summed E-state index contributed by atoms with van der Waals surface area (Å²) >= 11 is 0. The molecule has 0 aromatic carbocycles. The Morgan fingerprint density at radius 1 is 1.30 bits per heavy atom. The average molecular weight is 419 g/mol. The molecule has 1 saturated heterocycles. The Labute approximate surface area is 170 Å². The summed E-state index contributed by atoms with van der Waals surface area (Å²) < 4.78 is 51.6. The minimum Gasteiger partial charge on any atom is -0.493 e. The Bertz CT molecular complexity index is 1070. The third-order valence-corrected chi connectivity index (χ3v) is 4.98.